The van der Waals surface area contributed by atoms with Gasteiger partial charge >= 0.3 is 17.7 Å². The van der Waals surface area contributed by atoms with E-state index in [0.717, 1.165) is 11.1 Å². The molecule has 0 radical (unpaired) electrons. The molecule has 1 unspecified atom stereocenters. The van der Waals surface area contributed by atoms with E-state index in [1.807, 2.05) is 0 Å². The Morgan fingerprint density at radius 1 is 1.21 bits per heavy atom. The maximum atomic E-state index is 12.4. The van der Waals surface area contributed by atoms with E-state index in [1.165, 1.54) is 13.0 Å². The molecule has 1 aromatic rings. The monoisotopic (exact) mass is 408 g/mol. The Kier molecular flexibility index (Phi) is 7.05. The van der Waals surface area contributed by atoms with Gasteiger partial charge in [0.15, 0.2) is 11.9 Å². The van der Waals surface area contributed by atoms with Gasteiger partial charge in [-0.05, 0) is 64.7 Å². The largest absolute Gasteiger partial charge is 0.472 e. The zero-order chi connectivity index (χ0) is 21.8. The third-order valence-electron chi connectivity index (χ3n) is 4.35. The molecule has 0 bridgehead atoms. The van der Waals surface area contributed by atoms with Crippen LogP contribution in [0.25, 0.3) is 0 Å². The van der Waals surface area contributed by atoms with Crippen molar-refractivity contribution in [2.24, 2.45) is 0 Å². The highest BCUT2D eigenvalue weighted by Gasteiger charge is 2.28. The molecule has 1 amide bonds. The van der Waals surface area contributed by atoms with Gasteiger partial charge in [0, 0.05) is 19.2 Å². The summed E-state index contributed by atoms with van der Waals surface area (Å²) in [6.07, 6.45) is -0.428. The van der Waals surface area contributed by atoms with E-state index in [-0.39, 0.29) is 18.0 Å². The molecule has 0 saturated heterocycles. The quantitative estimate of drug-likeness (QED) is 0.418. The molecule has 0 aliphatic carbocycles. The van der Waals surface area contributed by atoms with Crippen molar-refractivity contribution in [3.63, 3.8) is 0 Å². The number of nitrogens with zero attached hydrogens (tertiary/aromatic N) is 2. The molecule has 9 heteroatoms. The standard InChI is InChI=1S/C20H28N2O7/c1-6-27-18(23)13(2)28-17-12-15-8-10-21(19(24)29-20(3,4)5)9-7-14(15)11-16(17)22(25)26/h11-13H,6-10H2,1-5H3. The summed E-state index contributed by atoms with van der Waals surface area (Å²) < 4.78 is 15.9. The summed E-state index contributed by atoms with van der Waals surface area (Å²) in [6, 6.07) is 3.04. The van der Waals surface area contributed by atoms with E-state index in [0.29, 0.717) is 25.9 Å². The third-order valence-corrected chi connectivity index (χ3v) is 4.35. The van der Waals surface area contributed by atoms with Crippen LogP contribution >= 0.6 is 0 Å². The maximum absolute atomic E-state index is 12.4. The number of carbonyl (C=O) groups is 2. The minimum absolute atomic E-state index is 0.0139. The first kappa shape index (κ1) is 22.4. The minimum atomic E-state index is -0.976. The van der Waals surface area contributed by atoms with Gasteiger partial charge in [-0.2, -0.15) is 0 Å². The highest BCUT2D eigenvalue weighted by molar-refractivity contribution is 5.75. The number of amides is 1. The molecule has 1 atom stereocenters. The highest BCUT2D eigenvalue weighted by atomic mass is 16.6. The predicted octanol–water partition coefficient (Wildman–Crippen LogP) is 3.26. The fraction of sp³-hybridized carbons (Fsp3) is 0.600. The van der Waals surface area contributed by atoms with Gasteiger partial charge in [-0.3, -0.25) is 10.1 Å². The number of nitro groups is 1. The highest BCUT2D eigenvalue weighted by Crippen LogP contribution is 2.33. The lowest BCUT2D eigenvalue weighted by molar-refractivity contribution is -0.386. The van der Waals surface area contributed by atoms with Crippen molar-refractivity contribution in [3.05, 3.63) is 33.4 Å². The van der Waals surface area contributed by atoms with E-state index < -0.39 is 28.7 Å². The molecule has 0 N–H and O–H groups in total. The molecular weight excluding hydrogens is 380 g/mol. The first-order valence-corrected chi connectivity index (χ1v) is 9.63. The van der Waals surface area contributed by atoms with Crippen molar-refractivity contribution in [1.29, 1.82) is 0 Å². The number of hydrogen-bond acceptors (Lipinski definition) is 7. The molecule has 1 aliphatic rings. The van der Waals surface area contributed by atoms with E-state index in [2.05, 4.69) is 0 Å². The minimum Gasteiger partial charge on any atom is -0.472 e. The van der Waals surface area contributed by atoms with Crippen LogP contribution in [0.5, 0.6) is 5.75 Å². The molecule has 0 aromatic heterocycles. The second-order valence-corrected chi connectivity index (χ2v) is 7.83. The van der Waals surface area contributed by atoms with Crippen LogP contribution in [0.1, 0.15) is 45.7 Å². The second-order valence-electron chi connectivity index (χ2n) is 7.83. The topological polar surface area (TPSA) is 108 Å². The number of ether oxygens (including phenoxy) is 3. The summed E-state index contributed by atoms with van der Waals surface area (Å²) in [4.78, 5) is 36.8. The molecule has 0 fully saturated rings. The van der Waals surface area contributed by atoms with Gasteiger partial charge in [-0.1, -0.05) is 0 Å². The number of carbonyl (C=O) groups excluding carboxylic acids is 2. The van der Waals surface area contributed by atoms with Crippen LogP contribution in [-0.4, -0.2) is 53.3 Å². The van der Waals surface area contributed by atoms with E-state index in [4.69, 9.17) is 14.2 Å². The molecular formula is C20H28N2O7. The Balaban J connectivity index is 2.23. The Morgan fingerprint density at radius 2 is 1.79 bits per heavy atom. The Labute approximate surface area is 170 Å². The maximum Gasteiger partial charge on any atom is 0.410 e. The zero-order valence-electron chi connectivity index (χ0n) is 17.5. The average Bonchev–Trinajstić information content (AvgIpc) is 2.81. The number of nitro benzene ring substituents is 1. The van der Waals surface area contributed by atoms with Crippen molar-refractivity contribution >= 4 is 17.7 Å². The Hall–Kier alpha value is -2.84. The van der Waals surface area contributed by atoms with E-state index in [9.17, 15) is 19.7 Å². The lowest BCUT2D eigenvalue weighted by atomic mass is 10.0. The normalized spacial score (nSPS) is 15.0. The summed E-state index contributed by atoms with van der Waals surface area (Å²) in [5.74, 6) is -0.576. The van der Waals surface area contributed by atoms with Crippen LogP contribution in [0.2, 0.25) is 0 Å². The van der Waals surface area contributed by atoms with Crippen molar-refractivity contribution in [2.45, 2.75) is 59.2 Å². The van der Waals surface area contributed by atoms with Gasteiger partial charge in [0.2, 0.25) is 0 Å². The first-order valence-electron chi connectivity index (χ1n) is 9.63. The first-order chi connectivity index (χ1) is 13.5. The fourth-order valence-corrected chi connectivity index (χ4v) is 2.99. The van der Waals surface area contributed by atoms with Gasteiger partial charge in [0.05, 0.1) is 11.5 Å². The van der Waals surface area contributed by atoms with Crippen LogP contribution in [0.3, 0.4) is 0 Å². The molecule has 9 nitrogen and oxygen atoms in total. The molecule has 160 valence electrons. The second kappa shape index (κ2) is 9.11. The van der Waals surface area contributed by atoms with Crippen molar-refractivity contribution in [1.82, 2.24) is 4.90 Å². The average molecular weight is 408 g/mol. The van der Waals surface area contributed by atoms with Gasteiger partial charge < -0.3 is 19.1 Å². The Morgan fingerprint density at radius 3 is 2.31 bits per heavy atom. The van der Waals surface area contributed by atoms with Crippen molar-refractivity contribution < 1.29 is 28.7 Å². The number of rotatable bonds is 5. The number of fused-ring (bicyclic) bond motifs is 1. The summed E-state index contributed by atoms with van der Waals surface area (Å²) in [6.45, 7) is 9.58. The van der Waals surface area contributed by atoms with Crippen molar-refractivity contribution in [2.75, 3.05) is 19.7 Å². The zero-order valence-corrected chi connectivity index (χ0v) is 17.5. The number of benzene rings is 1. The van der Waals surface area contributed by atoms with Crippen LogP contribution in [0.4, 0.5) is 10.5 Å². The summed E-state index contributed by atoms with van der Waals surface area (Å²) in [5.41, 5.74) is 0.802. The molecule has 0 spiro atoms. The van der Waals surface area contributed by atoms with Gasteiger partial charge in [-0.15, -0.1) is 0 Å². The Bertz CT molecular complexity index is 786. The van der Waals surface area contributed by atoms with Gasteiger partial charge in [0.1, 0.15) is 5.60 Å². The fourth-order valence-electron chi connectivity index (χ4n) is 2.99. The molecule has 1 aromatic carbocycles. The summed E-state index contributed by atoms with van der Waals surface area (Å²) >= 11 is 0. The van der Waals surface area contributed by atoms with Crippen LogP contribution in [0.15, 0.2) is 12.1 Å². The lowest BCUT2D eigenvalue weighted by Crippen LogP contribution is -2.38. The molecule has 2 rings (SSSR count). The lowest BCUT2D eigenvalue weighted by Gasteiger charge is -2.26. The van der Waals surface area contributed by atoms with Crippen LogP contribution < -0.4 is 4.74 Å². The van der Waals surface area contributed by atoms with Gasteiger partial charge in [0.25, 0.3) is 0 Å². The summed E-state index contributed by atoms with van der Waals surface area (Å²) in [7, 11) is 0. The molecule has 1 heterocycles. The van der Waals surface area contributed by atoms with Gasteiger partial charge in [-0.25, -0.2) is 9.59 Å². The smallest absolute Gasteiger partial charge is 0.410 e. The third kappa shape index (κ3) is 6.07. The number of esters is 1. The number of hydrogen-bond donors (Lipinski definition) is 0. The molecule has 29 heavy (non-hydrogen) atoms. The van der Waals surface area contributed by atoms with Crippen LogP contribution in [0, 0.1) is 10.1 Å². The molecule has 1 aliphatic heterocycles. The SMILES string of the molecule is CCOC(=O)C(C)Oc1cc2c(cc1[N+](=O)[O-])CCN(C(=O)OC(C)(C)C)CC2. The van der Waals surface area contributed by atoms with E-state index >= 15 is 0 Å². The van der Waals surface area contributed by atoms with Crippen LogP contribution in [-0.2, 0) is 27.1 Å². The molecule has 0 saturated carbocycles. The summed E-state index contributed by atoms with van der Waals surface area (Å²) in [5, 5.41) is 11.5. The predicted molar refractivity (Wildman–Crippen MR) is 105 cm³/mol. The van der Waals surface area contributed by atoms with E-state index in [1.54, 1.807) is 38.7 Å². The van der Waals surface area contributed by atoms with Crippen molar-refractivity contribution in [3.8, 4) is 5.75 Å².